The molecule has 0 radical (unpaired) electrons. The van der Waals surface area contributed by atoms with E-state index >= 15 is 0 Å². The highest BCUT2D eigenvalue weighted by molar-refractivity contribution is 6.05. The van der Waals surface area contributed by atoms with Gasteiger partial charge in [-0.2, -0.15) is 0 Å². The Kier molecular flexibility index (Phi) is 5.37. The normalized spacial score (nSPS) is 13.9. The molecule has 1 aliphatic rings. The molecule has 2 aromatic carbocycles. The predicted octanol–water partition coefficient (Wildman–Crippen LogP) is 3.53. The van der Waals surface area contributed by atoms with Crippen LogP contribution in [0.4, 0.5) is 4.79 Å². The maximum Gasteiger partial charge on any atom is 0.407 e. The number of hydrogen-bond acceptors (Lipinski definition) is 3. The predicted molar refractivity (Wildman–Crippen MR) is 105 cm³/mol. The minimum atomic E-state index is -1.00. The molecular formula is C22H20N2O3. The van der Waals surface area contributed by atoms with Crippen LogP contribution in [0.25, 0.3) is 11.1 Å². The molecule has 0 bridgehead atoms. The molecule has 0 heterocycles. The first kappa shape index (κ1) is 18.4. The minimum absolute atomic E-state index is 0.0395. The van der Waals surface area contributed by atoms with E-state index in [4.69, 9.17) is 11.2 Å². The molecule has 1 N–H and O–H groups in total. The fourth-order valence-corrected chi connectivity index (χ4v) is 3.21. The quantitative estimate of drug-likeness (QED) is 0.670. The molecule has 0 spiro atoms. The summed E-state index contributed by atoms with van der Waals surface area (Å²) in [6, 6.07) is 16.3. The van der Waals surface area contributed by atoms with Gasteiger partial charge >= 0.3 is 6.09 Å². The van der Waals surface area contributed by atoms with Crippen LogP contribution in [-0.4, -0.2) is 30.4 Å². The fraction of sp³-hybridized carbons (Fsp3) is 0.227. The molecule has 5 heteroatoms. The number of terminal acetylenes is 1. The molecule has 0 saturated carbocycles. The Balaban J connectivity index is 1.66. The van der Waals surface area contributed by atoms with Gasteiger partial charge < -0.3 is 10.1 Å². The number of carbonyl (C=O) groups excluding carboxylic acids is 2. The van der Waals surface area contributed by atoms with Crippen LogP contribution >= 0.6 is 0 Å². The largest absolute Gasteiger partial charge is 0.436 e. The number of carbonyl (C=O) groups is 2. The van der Waals surface area contributed by atoms with Crippen molar-refractivity contribution in [2.75, 3.05) is 6.54 Å². The smallest absolute Gasteiger partial charge is 0.407 e. The lowest BCUT2D eigenvalue weighted by atomic mass is 9.97. The monoisotopic (exact) mass is 360 g/mol. The van der Waals surface area contributed by atoms with Crippen molar-refractivity contribution in [2.45, 2.75) is 25.9 Å². The van der Waals surface area contributed by atoms with Crippen molar-refractivity contribution in [3.63, 3.8) is 0 Å². The van der Waals surface area contributed by atoms with Gasteiger partial charge in [-0.25, -0.2) is 9.79 Å². The average Bonchev–Trinajstić information content (AvgIpc) is 3.00. The summed E-state index contributed by atoms with van der Waals surface area (Å²) in [7, 11) is 0. The van der Waals surface area contributed by atoms with Crippen LogP contribution in [0.5, 0.6) is 0 Å². The number of ether oxygens (including phenoxy) is 1. The number of alkyl carbamates (subject to hydrolysis) is 1. The number of rotatable bonds is 4. The van der Waals surface area contributed by atoms with Crippen molar-refractivity contribution in [1.29, 1.82) is 0 Å². The highest BCUT2D eigenvalue weighted by Gasteiger charge is 2.28. The zero-order valence-corrected chi connectivity index (χ0v) is 15.2. The van der Waals surface area contributed by atoms with Gasteiger partial charge in [-0.05, 0) is 36.1 Å². The summed E-state index contributed by atoms with van der Waals surface area (Å²) in [5, 5.41) is 2.76. The molecule has 3 rings (SSSR count). The van der Waals surface area contributed by atoms with Crippen molar-refractivity contribution in [3.8, 4) is 23.5 Å². The van der Waals surface area contributed by atoms with Gasteiger partial charge in [0.05, 0.1) is 5.71 Å². The van der Waals surface area contributed by atoms with Crippen LogP contribution in [0.1, 0.15) is 30.9 Å². The second-order valence-electron chi connectivity index (χ2n) is 6.34. The first-order chi connectivity index (χ1) is 13.0. The van der Waals surface area contributed by atoms with Gasteiger partial charge in [0.15, 0.2) is 6.10 Å². The first-order valence-corrected chi connectivity index (χ1v) is 8.69. The van der Waals surface area contributed by atoms with E-state index in [9.17, 15) is 9.59 Å². The van der Waals surface area contributed by atoms with E-state index in [2.05, 4.69) is 40.5 Å². The van der Waals surface area contributed by atoms with Crippen LogP contribution in [0.2, 0.25) is 0 Å². The summed E-state index contributed by atoms with van der Waals surface area (Å²) < 4.78 is 5.12. The molecule has 0 unspecified atom stereocenters. The lowest BCUT2D eigenvalue weighted by Crippen LogP contribution is -2.33. The minimum Gasteiger partial charge on any atom is -0.436 e. The molecule has 2 aromatic rings. The Bertz CT molecular complexity index is 911. The standard InChI is InChI=1S/C22H20N2O3/c1-4-14(2)24-21(25)15(3)27-22(26)23-13-20-18-11-7-5-9-16(18)17-10-6-8-12-19(17)20/h1,5-12,15,20H,13H2,2-3H3,(H,23,26)/t15-/m0/s1. The molecule has 0 saturated heterocycles. The van der Waals surface area contributed by atoms with Gasteiger partial charge in [-0.15, -0.1) is 6.42 Å². The Morgan fingerprint density at radius 1 is 1.15 bits per heavy atom. The number of nitrogens with one attached hydrogen (secondary N) is 1. The molecule has 5 nitrogen and oxygen atoms in total. The van der Waals surface area contributed by atoms with Crippen LogP contribution < -0.4 is 5.32 Å². The Morgan fingerprint density at radius 3 is 2.26 bits per heavy atom. The molecule has 1 atom stereocenters. The lowest BCUT2D eigenvalue weighted by Gasteiger charge is -2.16. The van der Waals surface area contributed by atoms with E-state index in [-0.39, 0.29) is 11.6 Å². The van der Waals surface area contributed by atoms with E-state index in [0.717, 1.165) is 11.1 Å². The highest BCUT2D eigenvalue weighted by Crippen LogP contribution is 2.43. The molecule has 27 heavy (non-hydrogen) atoms. The van der Waals surface area contributed by atoms with Gasteiger partial charge in [0.25, 0.3) is 5.91 Å². The molecule has 0 aromatic heterocycles. The SMILES string of the molecule is C#CC(C)=NC(=O)[C@H](C)OC(=O)NCC1c2ccccc2-c2ccccc21. The van der Waals surface area contributed by atoms with Crippen molar-refractivity contribution < 1.29 is 14.3 Å². The van der Waals surface area contributed by atoms with Gasteiger partial charge in [0, 0.05) is 12.5 Å². The first-order valence-electron chi connectivity index (χ1n) is 8.69. The van der Waals surface area contributed by atoms with Crippen LogP contribution in [0.15, 0.2) is 53.5 Å². The third-order valence-corrected chi connectivity index (χ3v) is 4.53. The molecule has 136 valence electrons. The van der Waals surface area contributed by atoms with Crippen molar-refractivity contribution >= 4 is 17.7 Å². The zero-order chi connectivity index (χ0) is 19.4. The lowest BCUT2D eigenvalue weighted by molar-refractivity contribution is -0.125. The van der Waals surface area contributed by atoms with Crippen LogP contribution in [0.3, 0.4) is 0 Å². The van der Waals surface area contributed by atoms with Crippen molar-refractivity contribution in [3.05, 3.63) is 59.7 Å². The second-order valence-corrected chi connectivity index (χ2v) is 6.34. The topological polar surface area (TPSA) is 67.8 Å². The second kappa shape index (κ2) is 7.88. The van der Waals surface area contributed by atoms with E-state index in [1.54, 1.807) is 6.92 Å². The average molecular weight is 360 g/mol. The maximum absolute atomic E-state index is 12.1. The summed E-state index contributed by atoms with van der Waals surface area (Å²) in [6.07, 6.45) is 3.50. The van der Waals surface area contributed by atoms with Gasteiger partial charge in [0.2, 0.25) is 0 Å². The third kappa shape index (κ3) is 3.90. The van der Waals surface area contributed by atoms with E-state index < -0.39 is 18.1 Å². The number of benzene rings is 2. The number of aliphatic imine (C=N–C) groups is 1. The van der Waals surface area contributed by atoms with Crippen molar-refractivity contribution in [1.82, 2.24) is 5.32 Å². The number of amides is 2. The van der Waals surface area contributed by atoms with Gasteiger partial charge in [-0.3, -0.25) is 4.79 Å². The van der Waals surface area contributed by atoms with Crippen LogP contribution in [-0.2, 0) is 9.53 Å². The van der Waals surface area contributed by atoms with E-state index in [1.165, 1.54) is 18.1 Å². The Labute approximate surface area is 158 Å². The summed E-state index contributed by atoms with van der Waals surface area (Å²) in [6.45, 7) is 3.38. The Morgan fingerprint density at radius 2 is 1.70 bits per heavy atom. The zero-order valence-electron chi connectivity index (χ0n) is 15.2. The van der Waals surface area contributed by atoms with Gasteiger partial charge in [0.1, 0.15) is 0 Å². The van der Waals surface area contributed by atoms with Gasteiger partial charge in [-0.1, -0.05) is 54.5 Å². The number of hydrogen-bond donors (Lipinski definition) is 1. The van der Waals surface area contributed by atoms with E-state index in [1.807, 2.05) is 24.3 Å². The number of nitrogens with zero attached hydrogens (tertiary/aromatic N) is 1. The summed E-state index contributed by atoms with van der Waals surface area (Å²) in [5.74, 6) is 1.71. The maximum atomic E-state index is 12.1. The molecular weight excluding hydrogens is 340 g/mol. The molecule has 0 fully saturated rings. The van der Waals surface area contributed by atoms with E-state index in [0.29, 0.717) is 6.54 Å². The summed E-state index contributed by atoms with van der Waals surface area (Å²) >= 11 is 0. The van der Waals surface area contributed by atoms with Crippen LogP contribution in [0, 0.1) is 12.3 Å². The highest BCUT2D eigenvalue weighted by atomic mass is 16.6. The molecule has 0 aliphatic heterocycles. The van der Waals surface area contributed by atoms with Crippen molar-refractivity contribution in [2.24, 2.45) is 4.99 Å². The Hall–Kier alpha value is -3.39. The summed E-state index contributed by atoms with van der Waals surface area (Å²) in [5.41, 5.74) is 4.93. The number of fused-ring (bicyclic) bond motifs is 3. The fourth-order valence-electron chi connectivity index (χ4n) is 3.21. The molecule has 2 amide bonds. The molecule has 1 aliphatic carbocycles. The summed E-state index contributed by atoms with van der Waals surface area (Å²) in [4.78, 5) is 27.6. The third-order valence-electron chi connectivity index (χ3n) is 4.53.